The Morgan fingerprint density at radius 1 is 1.30 bits per heavy atom. The van der Waals surface area contributed by atoms with Crippen LogP contribution in [0, 0.1) is 10.1 Å². The number of nitrogens with zero attached hydrogens (tertiary/aromatic N) is 3. The highest BCUT2D eigenvalue weighted by Crippen LogP contribution is 2.34. The number of rotatable bonds is 3. The van der Waals surface area contributed by atoms with Gasteiger partial charge in [0.1, 0.15) is 5.56 Å². The van der Waals surface area contributed by atoms with E-state index in [-0.39, 0.29) is 28.1 Å². The fraction of sp³-hybridized carbons (Fsp3) is 0.263. The molecule has 138 valence electrons. The maximum atomic E-state index is 12.9. The number of benzene rings is 2. The molecular weight excluding hydrogens is 386 g/mol. The Bertz CT molecular complexity index is 1000. The summed E-state index contributed by atoms with van der Waals surface area (Å²) in [5.41, 5.74) is 0.790. The lowest BCUT2D eigenvalue weighted by Crippen LogP contribution is -2.39. The molecule has 1 amide bonds. The molecular formula is C19H16ClN3O3S. The van der Waals surface area contributed by atoms with Crippen LogP contribution < -0.4 is 0 Å². The zero-order valence-electron chi connectivity index (χ0n) is 14.3. The normalized spacial score (nSPS) is 17.2. The van der Waals surface area contributed by atoms with Crippen LogP contribution in [-0.2, 0) is 0 Å². The molecule has 2 heterocycles. The summed E-state index contributed by atoms with van der Waals surface area (Å²) in [6, 6.07) is 12.1. The summed E-state index contributed by atoms with van der Waals surface area (Å²) in [6.45, 7) is 1.10. The molecule has 2 aromatic carbocycles. The molecule has 27 heavy (non-hydrogen) atoms. The Morgan fingerprint density at radius 2 is 2.11 bits per heavy atom. The first kappa shape index (κ1) is 17.9. The Kier molecular flexibility index (Phi) is 4.80. The van der Waals surface area contributed by atoms with Crippen molar-refractivity contribution in [1.82, 2.24) is 9.88 Å². The van der Waals surface area contributed by atoms with Crippen LogP contribution in [-0.4, -0.2) is 33.8 Å². The van der Waals surface area contributed by atoms with Crippen molar-refractivity contribution in [3.05, 3.63) is 68.2 Å². The monoisotopic (exact) mass is 401 g/mol. The highest BCUT2D eigenvalue weighted by Gasteiger charge is 2.30. The van der Waals surface area contributed by atoms with E-state index in [1.54, 1.807) is 16.2 Å². The molecule has 1 aliphatic rings. The van der Waals surface area contributed by atoms with Crippen molar-refractivity contribution in [1.29, 1.82) is 0 Å². The number of nitro groups is 1. The smallest absolute Gasteiger partial charge is 0.283 e. The Morgan fingerprint density at radius 3 is 2.89 bits per heavy atom. The van der Waals surface area contributed by atoms with Crippen molar-refractivity contribution in [3.63, 3.8) is 0 Å². The molecule has 0 bridgehead atoms. The van der Waals surface area contributed by atoms with E-state index in [4.69, 9.17) is 16.6 Å². The van der Waals surface area contributed by atoms with Crippen LogP contribution in [0.4, 0.5) is 5.69 Å². The van der Waals surface area contributed by atoms with Gasteiger partial charge in [-0.1, -0.05) is 23.7 Å². The van der Waals surface area contributed by atoms with Gasteiger partial charge in [-0.25, -0.2) is 4.98 Å². The molecule has 0 radical (unpaired) electrons. The molecule has 0 saturated carbocycles. The number of hydrogen-bond acceptors (Lipinski definition) is 5. The summed E-state index contributed by atoms with van der Waals surface area (Å²) in [5, 5.41) is 12.6. The first-order chi connectivity index (χ1) is 13.0. The maximum Gasteiger partial charge on any atom is 0.283 e. The maximum absolute atomic E-state index is 12.9. The van der Waals surface area contributed by atoms with Gasteiger partial charge in [0.15, 0.2) is 0 Å². The molecule has 4 rings (SSSR count). The lowest BCUT2D eigenvalue weighted by molar-refractivity contribution is -0.385. The van der Waals surface area contributed by atoms with E-state index in [1.807, 2.05) is 24.3 Å². The number of halogens is 1. The SMILES string of the molecule is O=C(c1ccc(Cl)cc1[N+](=O)[O-])N1CCC[C@@H](c2nc3ccccc3s2)C1. The fourth-order valence-electron chi connectivity index (χ4n) is 3.43. The molecule has 3 aromatic rings. The van der Waals surface area contributed by atoms with Crippen LogP contribution in [0.3, 0.4) is 0 Å². The summed E-state index contributed by atoms with van der Waals surface area (Å²) in [6.07, 6.45) is 1.79. The molecule has 0 N–H and O–H groups in total. The number of aromatic nitrogens is 1. The summed E-state index contributed by atoms with van der Waals surface area (Å²) in [7, 11) is 0. The Balaban J connectivity index is 1.59. The topological polar surface area (TPSA) is 76.3 Å². The van der Waals surface area contributed by atoms with Crippen LogP contribution in [0.25, 0.3) is 10.2 Å². The number of fused-ring (bicyclic) bond motifs is 1. The van der Waals surface area contributed by atoms with E-state index in [0.717, 1.165) is 28.1 Å². The van der Waals surface area contributed by atoms with Gasteiger partial charge in [-0.3, -0.25) is 14.9 Å². The van der Waals surface area contributed by atoms with E-state index in [0.29, 0.717) is 13.1 Å². The summed E-state index contributed by atoms with van der Waals surface area (Å²) < 4.78 is 1.13. The zero-order valence-corrected chi connectivity index (χ0v) is 15.9. The van der Waals surface area contributed by atoms with E-state index in [9.17, 15) is 14.9 Å². The average Bonchev–Trinajstić information content (AvgIpc) is 3.12. The lowest BCUT2D eigenvalue weighted by atomic mass is 9.97. The van der Waals surface area contributed by atoms with E-state index >= 15 is 0 Å². The second kappa shape index (κ2) is 7.25. The van der Waals surface area contributed by atoms with Crippen molar-refractivity contribution in [2.45, 2.75) is 18.8 Å². The predicted molar refractivity (Wildman–Crippen MR) is 106 cm³/mol. The van der Waals surface area contributed by atoms with Gasteiger partial charge in [-0.15, -0.1) is 11.3 Å². The Labute approximate surface area is 164 Å². The van der Waals surface area contributed by atoms with Gasteiger partial charge in [0.2, 0.25) is 0 Å². The van der Waals surface area contributed by atoms with E-state index in [1.165, 1.54) is 18.2 Å². The number of likely N-dealkylation sites (tertiary alicyclic amines) is 1. The number of carbonyl (C=O) groups excluding carboxylic acids is 1. The number of thiazole rings is 1. The third-order valence-corrected chi connectivity index (χ3v) is 6.19. The third kappa shape index (κ3) is 3.52. The summed E-state index contributed by atoms with van der Waals surface area (Å²) in [5.74, 6) is -0.185. The van der Waals surface area contributed by atoms with Crippen LogP contribution in [0.5, 0.6) is 0 Å². The molecule has 1 aromatic heterocycles. The summed E-state index contributed by atoms with van der Waals surface area (Å²) >= 11 is 7.51. The van der Waals surface area contributed by atoms with Gasteiger partial charge in [0.05, 0.1) is 20.1 Å². The zero-order chi connectivity index (χ0) is 19.0. The van der Waals surface area contributed by atoms with Crippen LogP contribution in [0.15, 0.2) is 42.5 Å². The molecule has 1 aliphatic heterocycles. The number of piperidine rings is 1. The highest BCUT2D eigenvalue weighted by atomic mass is 35.5. The minimum atomic E-state index is -0.561. The molecule has 1 atom stereocenters. The largest absolute Gasteiger partial charge is 0.338 e. The van der Waals surface area contributed by atoms with Gasteiger partial charge < -0.3 is 4.90 Å². The van der Waals surface area contributed by atoms with Crippen molar-refractivity contribution in [3.8, 4) is 0 Å². The molecule has 6 nitrogen and oxygen atoms in total. The second-order valence-corrected chi connectivity index (χ2v) is 8.03. The van der Waals surface area contributed by atoms with Crippen molar-refractivity contribution in [2.24, 2.45) is 0 Å². The van der Waals surface area contributed by atoms with Gasteiger partial charge >= 0.3 is 0 Å². The predicted octanol–water partition coefficient (Wildman–Crippen LogP) is 4.88. The standard InChI is InChI=1S/C19H16ClN3O3S/c20-13-7-8-14(16(10-13)23(25)26)19(24)22-9-3-4-12(11-22)18-21-15-5-1-2-6-17(15)27-18/h1-2,5-8,10,12H,3-4,9,11H2/t12-/m1/s1. The number of hydrogen-bond donors (Lipinski definition) is 0. The minimum Gasteiger partial charge on any atom is -0.338 e. The van der Waals surface area contributed by atoms with Gasteiger partial charge in [0, 0.05) is 30.1 Å². The molecule has 8 heteroatoms. The van der Waals surface area contributed by atoms with Gasteiger partial charge in [0.25, 0.3) is 11.6 Å². The average molecular weight is 402 g/mol. The number of amides is 1. The number of nitro benzene ring substituents is 1. The highest BCUT2D eigenvalue weighted by molar-refractivity contribution is 7.18. The van der Waals surface area contributed by atoms with E-state index in [2.05, 4.69) is 0 Å². The first-order valence-electron chi connectivity index (χ1n) is 8.61. The summed E-state index contributed by atoms with van der Waals surface area (Å²) in [4.78, 5) is 30.1. The minimum absolute atomic E-state index is 0.0781. The van der Waals surface area contributed by atoms with Crippen molar-refractivity contribution >= 4 is 44.7 Å². The number of carbonyl (C=O) groups is 1. The second-order valence-electron chi connectivity index (χ2n) is 6.53. The van der Waals surface area contributed by atoms with Crippen molar-refractivity contribution in [2.75, 3.05) is 13.1 Å². The fourth-order valence-corrected chi connectivity index (χ4v) is 4.69. The quantitative estimate of drug-likeness (QED) is 0.463. The first-order valence-corrected chi connectivity index (χ1v) is 9.81. The van der Waals surface area contributed by atoms with Crippen LogP contribution >= 0.6 is 22.9 Å². The Hall–Kier alpha value is -2.51. The van der Waals surface area contributed by atoms with Crippen LogP contribution in [0.2, 0.25) is 5.02 Å². The molecule has 1 fully saturated rings. The lowest BCUT2D eigenvalue weighted by Gasteiger charge is -2.31. The third-order valence-electron chi connectivity index (χ3n) is 4.76. The molecule has 0 unspecified atom stereocenters. The van der Waals surface area contributed by atoms with Gasteiger partial charge in [-0.05, 0) is 37.1 Å². The molecule has 0 aliphatic carbocycles. The van der Waals surface area contributed by atoms with Crippen molar-refractivity contribution < 1.29 is 9.72 Å². The molecule has 0 spiro atoms. The van der Waals surface area contributed by atoms with E-state index < -0.39 is 4.92 Å². The van der Waals surface area contributed by atoms with Gasteiger partial charge in [-0.2, -0.15) is 0 Å². The van der Waals surface area contributed by atoms with Crippen LogP contribution in [0.1, 0.15) is 34.1 Å². The number of para-hydroxylation sites is 1. The molecule has 1 saturated heterocycles.